The smallest absolute Gasteiger partial charge is 0.239 e. The third-order valence-corrected chi connectivity index (χ3v) is 4.73. The normalized spacial score (nSPS) is 17.1. The number of ether oxygens (including phenoxy) is 1. The molecule has 1 unspecified atom stereocenters. The van der Waals surface area contributed by atoms with Crippen molar-refractivity contribution < 1.29 is 13.9 Å². The summed E-state index contributed by atoms with van der Waals surface area (Å²) in [6.07, 6.45) is 3.06. The number of hydrogen-bond acceptors (Lipinski definition) is 4. The van der Waals surface area contributed by atoms with Crippen LogP contribution in [0.25, 0.3) is 10.9 Å². The lowest BCUT2D eigenvalue weighted by Gasteiger charge is -2.34. The van der Waals surface area contributed by atoms with Crippen LogP contribution in [0.3, 0.4) is 0 Å². The largest absolute Gasteiger partial charge is 0.488 e. The molecule has 1 atom stereocenters. The molecule has 1 amide bonds. The summed E-state index contributed by atoms with van der Waals surface area (Å²) < 4.78 is 19.9. The van der Waals surface area contributed by atoms with Crippen LogP contribution in [-0.4, -0.2) is 41.0 Å². The highest BCUT2D eigenvalue weighted by molar-refractivity contribution is 5.85. The summed E-state index contributed by atoms with van der Waals surface area (Å²) in [5.41, 5.74) is 6.49. The number of amides is 1. The van der Waals surface area contributed by atoms with E-state index >= 15 is 0 Å². The minimum Gasteiger partial charge on any atom is -0.488 e. The Kier molecular flexibility index (Phi) is 5.18. The van der Waals surface area contributed by atoms with E-state index in [2.05, 4.69) is 4.98 Å². The molecule has 6 heteroatoms. The molecule has 2 N–H and O–H groups in total. The van der Waals surface area contributed by atoms with Gasteiger partial charge in [0.25, 0.3) is 0 Å². The van der Waals surface area contributed by atoms with Gasteiger partial charge in [-0.3, -0.25) is 9.78 Å². The van der Waals surface area contributed by atoms with Crippen LogP contribution in [0.2, 0.25) is 0 Å². The van der Waals surface area contributed by atoms with Gasteiger partial charge in [0.15, 0.2) is 0 Å². The number of carbonyl (C=O) groups is 1. The Morgan fingerprint density at radius 2 is 2.04 bits per heavy atom. The maximum atomic E-state index is 13.9. The van der Waals surface area contributed by atoms with Crippen molar-refractivity contribution in [2.45, 2.75) is 38.8 Å². The van der Waals surface area contributed by atoms with E-state index < -0.39 is 6.04 Å². The van der Waals surface area contributed by atoms with E-state index in [9.17, 15) is 9.18 Å². The minimum atomic E-state index is -0.456. The van der Waals surface area contributed by atoms with E-state index in [-0.39, 0.29) is 23.7 Å². The zero-order valence-electron chi connectivity index (χ0n) is 14.6. The molecule has 0 aliphatic carbocycles. The van der Waals surface area contributed by atoms with Crippen LogP contribution in [0, 0.1) is 11.7 Å². The molecule has 2 aromatic rings. The maximum absolute atomic E-state index is 13.9. The lowest BCUT2D eigenvalue weighted by molar-refractivity contribution is -0.135. The third kappa shape index (κ3) is 3.74. The van der Waals surface area contributed by atoms with Crippen LogP contribution in [0.1, 0.15) is 26.7 Å². The Hall–Kier alpha value is -2.21. The van der Waals surface area contributed by atoms with Crippen LogP contribution < -0.4 is 10.5 Å². The lowest BCUT2D eigenvalue weighted by atomic mass is 10.0. The molecule has 0 spiro atoms. The van der Waals surface area contributed by atoms with Crippen molar-refractivity contribution in [1.29, 1.82) is 0 Å². The highest BCUT2D eigenvalue weighted by Gasteiger charge is 2.28. The van der Waals surface area contributed by atoms with Gasteiger partial charge in [0, 0.05) is 37.5 Å². The van der Waals surface area contributed by atoms with Gasteiger partial charge in [-0.2, -0.15) is 0 Å². The fraction of sp³-hybridized carbons (Fsp3) is 0.474. The number of benzene rings is 1. The van der Waals surface area contributed by atoms with Gasteiger partial charge >= 0.3 is 0 Å². The van der Waals surface area contributed by atoms with Crippen molar-refractivity contribution in [2.24, 2.45) is 11.7 Å². The first-order valence-corrected chi connectivity index (χ1v) is 8.71. The minimum absolute atomic E-state index is 0.00217. The Balaban J connectivity index is 1.65. The summed E-state index contributed by atoms with van der Waals surface area (Å²) in [5, 5.41) is 0.454. The second-order valence-electron chi connectivity index (χ2n) is 6.86. The molecule has 1 saturated heterocycles. The van der Waals surface area contributed by atoms with Gasteiger partial charge in [0.05, 0.1) is 6.04 Å². The molecule has 1 fully saturated rings. The van der Waals surface area contributed by atoms with Gasteiger partial charge in [0.1, 0.15) is 23.2 Å². The average molecular weight is 345 g/mol. The number of nitrogens with zero attached hydrogens (tertiary/aromatic N) is 2. The summed E-state index contributed by atoms with van der Waals surface area (Å²) in [5.74, 6) is 0.402. The molecular formula is C19H24FN3O2. The SMILES string of the molecule is CC(C)C(N)C(=O)N1CCC(Oc2ccc(F)c3cccnc23)CC1. The van der Waals surface area contributed by atoms with Crippen molar-refractivity contribution in [1.82, 2.24) is 9.88 Å². The zero-order valence-corrected chi connectivity index (χ0v) is 14.6. The van der Waals surface area contributed by atoms with Gasteiger partial charge in [-0.05, 0) is 30.2 Å². The Morgan fingerprint density at radius 3 is 2.72 bits per heavy atom. The van der Waals surface area contributed by atoms with Crippen LogP contribution in [0.5, 0.6) is 5.75 Å². The van der Waals surface area contributed by atoms with Gasteiger partial charge in [-0.15, -0.1) is 0 Å². The molecule has 3 rings (SSSR count). The van der Waals surface area contributed by atoms with Crippen molar-refractivity contribution in [3.05, 3.63) is 36.3 Å². The Labute approximate surface area is 147 Å². The van der Waals surface area contributed by atoms with E-state index in [4.69, 9.17) is 10.5 Å². The first kappa shape index (κ1) is 17.6. The molecule has 0 radical (unpaired) electrons. The van der Waals surface area contributed by atoms with Gasteiger partial charge < -0.3 is 15.4 Å². The predicted octanol–water partition coefficient (Wildman–Crippen LogP) is 2.73. The summed E-state index contributed by atoms with van der Waals surface area (Å²) in [7, 11) is 0. The molecule has 5 nitrogen and oxygen atoms in total. The Morgan fingerprint density at radius 1 is 1.32 bits per heavy atom. The predicted molar refractivity (Wildman–Crippen MR) is 94.7 cm³/mol. The number of likely N-dealkylation sites (tertiary alicyclic amines) is 1. The van der Waals surface area contributed by atoms with Crippen LogP contribution in [0.4, 0.5) is 4.39 Å². The quantitative estimate of drug-likeness (QED) is 0.925. The van der Waals surface area contributed by atoms with E-state index in [0.717, 1.165) is 12.8 Å². The monoisotopic (exact) mass is 345 g/mol. The number of halogens is 1. The summed E-state index contributed by atoms with van der Waals surface area (Å²) >= 11 is 0. The number of pyridine rings is 1. The number of rotatable bonds is 4. The van der Waals surface area contributed by atoms with E-state index in [1.165, 1.54) is 6.07 Å². The molecule has 1 aliphatic rings. The first-order chi connectivity index (χ1) is 12.0. The number of carbonyl (C=O) groups excluding carboxylic acids is 1. The van der Waals surface area contributed by atoms with E-state index in [0.29, 0.717) is 29.7 Å². The number of hydrogen-bond donors (Lipinski definition) is 1. The van der Waals surface area contributed by atoms with Gasteiger partial charge in [-0.25, -0.2) is 4.39 Å². The molecule has 1 aromatic heterocycles. The highest BCUT2D eigenvalue weighted by Crippen LogP contribution is 2.28. The molecule has 1 aliphatic heterocycles. The zero-order chi connectivity index (χ0) is 18.0. The standard InChI is InChI=1S/C19H24FN3O2/c1-12(2)17(21)19(24)23-10-7-13(8-11-23)25-16-6-5-15(20)14-4-3-9-22-18(14)16/h3-6,9,12-13,17H,7-8,10-11,21H2,1-2H3. The highest BCUT2D eigenvalue weighted by atomic mass is 19.1. The summed E-state index contributed by atoms with van der Waals surface area (Å²) in [4.78, 5) is 18.4. The molecule has 0 bridgehead atoms. The molecule has 1 aromatic carbocycles. The Bertz CT molecular complexity index is 757. The molecule has 0 saturated carbocycles. The topological polar surface area (TPSA) is 68.5 Å². The van der Waals surface area contributed by atoms with Gasteiger partial charge in [-0.1, -0.05) is 13.8 Å². The first-order valence-electron chi connectivity index (χ1n) is 8.71. The second-order valence-corrected chi connectivity index (χ2v) is 6.86. The summed E-state index contributed by atoms with van der Waals surface area (Å²) in [6, 6.07) is 5.97. The molecule has 134 valence electrons. The van der Waals surface area contributed by atoms with E-state index in [1.54, 1.807) is 24.4 Å². The van der Waals surface area contributed by atoms with Crippen molar-refractivity contribution in [2.75, 3.05) is 13.1 Å². The van der Waals surface area contributed by atoms with Crippen molar-refractivity contribution in [3.8, 4) is 5.75 Å². The van der Waals surface area contributed by atoms with E-state index in [1.807, 2.05) is 18.7 Å². The molecular weight excluding hydrogens is 321 g/mol. The van der Waals surface area contributed by atoms with Crippen LogP contribution in [0.15, 0.2) is 30.5 Å². The summed E-state index contributed by atoms with van der Waals surface area (Å²) in [6.45, 7) is 5.14. The van der Waals surface area contributed by atoms with Gasteiger partial charge in [0.2, 0.25) is 5.91 Å². The number of nitrogens with two attached hydrogens (primary N) is 1. The van der Waals surface area contributed by atoms with Crippen LogP contribution in [-0.2, 0) is 4.79 Å². The lowest BCUT2D eigenvalue weighted by Crippen LogP contribution is -2.50. The fourth-order valence-electron chi connectivity index (χ4n) is 3.08. The molecule has 25 heavy (non-hydrogen) atoms. The molecule has 2 heterocycles. The maximum Gasteiger partial charge on any atom is 0.239 e. The van der Waals surface area contributed by atoms with Crippen LogP contribution >= 0.6 is 0 Å². The second kappa shape index (κ2) is 7.35. The average Bonchev–Trinajstić information content (AvgIpc) is 2.63. The van der Waals surface area contributed by atoms with Crippen molar-refractivity contribution in [3.63, 3.8) is 0 Å². The number of fused-ring (bicyclic) bond motifs is 1. The van der Waals surface area contributed by atoms with Crippen molar-refractivity contribution >= 4 is 16.8 Å². The fourth-order valence-corrected chi connectivity index (χ4v) is 3.08. The third-order valence-electron chi connectivity index (χ3n) is 4.73. The number of aromatic nitrogens is 1. The number of piperidine rings is 1.